The van der Waals surface area contributed by atoms with Gasteiger partial charge in [-0.1, -0.05) is 13.3 Å². The zero-order chi connectivity index (χ0) is 11.4. The Labute approximate surface area is 100 Å². The van der Waals surface area contributed by atoms with E-state index < -0.39 is 0 Å². The Bertz CT molecular complexity index is 388. The summed E-state index contributed by atoms with van der Waals surface area (Å²) in [5, 5.41) is 0. The van der Waals surface area contributed by atoms with E-state index in [1.165, 1.54) is 0 Å². The maximum Gasteiger partial charge on any atom is 0.164 e. The molecule has 1 heterocycles. The van der Waals surface area contributed by atoms with E-state index in [9.17, 15) is 4.79 Å². The summed E-state index contributed by atoms with van der Waals surface area (Å²) in [5.74, 6) is 2.04. The molecule has 0 aliphatic carbocycles. The van der Waals surface area contributed by atoms with Crippen molar-refractivity contribution in [3.8, 4) is 5.75 Å². The van der Waals surface area contributed by atoms with Crippen LogP contribution in [-0.2, 0) is 0 Å². The van der Waals surface area contributed by atoms with Gasteiger partial charge >= 0.3 is 0 Å². The van der Waals surface area contributed by atoms with Gasteiger partial charge in [0, 0.05) is 22.6 Å². The van der Waals surface area contributed by atoms with Crippen molar-refractivity contribution in [3.05, 3.63) is 23.8 Å². The van der Waals surface area contributed by atoms with Crippen molar-refractivity contribution in [1.82, 2.24) is 0 Å². The number of fused-ring (bicyclic) bond motifs is 1. The number of ketones is 1. The van der Waals surface area contributed by atoms with Crippen LogP contribution in [0.25, 0.3) is 0 Å². The number of hydrogen-bond acceptors (Lipinski definition) is 3. The largest absolute Gasteiger partial charge is 0.494 e. The third kappa shape index (κ3) is 2.59. The molecule has 86 valence electrons. The van der Waals surface area contributed by atoms with Crippen LogP contribution in [0.2, 0.25) is 0 Å². The zero-order valence-electron chi connectivity index (χ0n) is 9.49. The van der Waals surface area contributed by atoms with Crippen molar-refractivity contribution >= 4 is 17.5 Å². The van der Waals surface area contributed by atoms with Crippen molar-refractivity contribution in [3.63, 3.8) is 0 Å². The van der Waals surface area contributed by atoms with Gasteiger partial charge in [-0.15, -0.1) is 11.8 Å². The zero-order valence-corrected chi connectivity index (χ0v) is 10.3. The molecule has 0 saturated heterocycles. The highest BCUT2D eigenvalue weighted by molar-refractivity contribution is 7.99. The van der Waals surface area contributed by atoms with Crippen LogP contribution in [0.4, 0.5) is 0 Å². The Morgan fingerprint density at radius 1 is 1.44 bits per heavy atom. The number of unbranched alkanes of at least 4 members (excludes halogenated alkanes) is 1. The third-order valence-corrected chi connectivity index (χ3v) is 3.66. The van der Waals surface area contributed by atoms with Gasteiger partial charge in [0.15, 0.2) is 5.78 Å². The van der Waals surface area contributed by atoms with Crippen LogP contribution >= 0.6 is 11.8 Å². The van der Waals surface area contributed by atoms with Crippen LogP contribution in [0.3, 0.4) is 0 Å². The minimum atomic E-state index is 0.258. The number of carbonyl (C=O) groups excluding carboxylic acids is 1. The fourth-order valence-electron chi connectivity index (χ4n) is 1.66. The maximum absolute atomic E-state index is 11.6. The second kappa shape index (κ2) is 5.39. The van der Waals surface area contributed by atoms with E-state index in [1.807, 2.05) is 18.2 Å². The van der Waals surface area contributed by atoms with Gasteiger partial charge in [0.1, 0.15) is 5.75 Å². The van der Waals surface area contributed by atoms with E-state index in [-0.39, 0.29) is 5.78 Å². The van der Waals surface area contributed by atoms with E-state index in [0.717, 1.165) is 41.4 Å². The number of thioether (sulfide) groups is 1. The van der Waals surface area contributed by atoms with Crippen molar-refractivity contribution < 1.29 is 9.53 Å². The van der Waals surface area contributed by atoms with Crippen LogP contribution < -0.4 is 4.74 Å². The predicted octanol–water partition coefficient (Wildman–Crippen LogP) is 3.54. The SMILES string of the molecule is CCCCOc1ccc2c(c1)SCCC2=O. The average molecular weight is 236 g/mol. The molecule has 16 heavy (non-hydrogen) atoms. The number of benzene rings is 1. The summed E-state index contributed by atoms with van der Waals surface area (Å²) >= 11 is 1.74. The molecule has 2 rings (SSSR count). The van der Waals surface area contributed by atoms with Gasteiger partial charge in [-0.2, -0.15) is 0 Å². The molecule has 0 N–H and O–H groups in total. The van der Waals surface area contributed by atoms with Gasteiger partial charge in [0.2, 0.25) is 0 Å². The quantitative estimate of drug-likeness (QED) is 0.748. The fourth-order valence-corrected chi connectivity index (χ4v) is 2.71. The minimum absolute atomic E-state index is 0.258. The minimum Gasteiger partial charge on any atom is -0.494 e. The first-order valence-electron chi connectivity index (χ1n) is 5.74. The van der Waals surface area contributed by atoms with E-state index in [4.69, 9.17) is 4.74 Å². The fraction of sp³-hybridized carbons (Fsp3) is 0.462. The van der Waals surface area contributed by atoms with Crippen molar-refractivity contribution in [2.45, 2.75) is 31.1 Å². The third-order valence-electron chi connectivity index (χ3n) is 2.61. The predicted molar refractivity (Wildman–Crippen MR) is 66.5 cm³/mol. The lowest BCUT2D eigenvalue weighted by Crippen LogP contribution is -2.08. The molecule has 0 aromatic heterocycles. The Morgan fingerprint density at radius 2 is 2.31 bits per heavy atom. The maximum atomic E-state index is 11.6. The van der Waals surface area contributed by atoms with Crippen LogP contribution in [0, 0.1) is 0 Å². The van der Waals surface area contributed by atoms with Crippen molar-refractivity contribution in [2.75, 3.05) is 12.4 Å². The highest BCUT2D eigenvalue weighted by Gasteiger charge is 2.17. The molecule has 3 heteroatoms. The monoisotopic (exact) mass is 236 g/mol. The van der Waals surface area contributed by atoms with Crippen LogP contribution in [0.1, 0.15) is 36.5 Å². The van der Waals surface area contributed by atoms with Gasteiger partial charge in [-0.05, 0) is 24.6 Å². The van der Waals surface area contributed by atoms with E-state index in [0.29, 0.717) is 6.42 Å². The molecular weight excluding hydrogens is 220 g/mol. The molecule has 2 nitrogen and oxygen atoms in total. The van der Waals surface area contributed by atoms with Crippen molar-refractivity contribution in [2.24, 2.45) is 0 Å². The summed E-state index contributed by atoms with van der Waals surface area (Å²) < 4.78 is 5.62. The van der Waals surface area contributed by atoms with Crippen LogP contribution in [-0.4, -0.2) is 18.1 Å². The summed E-state index contributed by atoms with van der Waals surface area (Å²) in [6, 6.07) is 5.79. The molecule has 1 aliphatic heterocycles. The highest BCUT2D eigenvalue weighted by Crippen LogP contribution is 2.32. The summed E-state index contributed by atoms with van der Waals surface area (Å²) in [6.45, 7) is 2.90. The summed E-state index contributed by atoms with van der Waals surface area (Å²) in [6.07, 6.45) is 2.87. The molecular formula is C13H16O2S. The van der Waals surface area contributed by atoms with Gasteiger partial charge in [-0.3, -0.25) is 4.79 Å². The standard InChI is InChI=1S/C13H16O2S/c1-2-3-7-15-10-4-5-11-12(14)6-8-16-13(11)9-10/h4-5,9H,2-3,6-8H2,1H3. The first-order valence-corrected chi connectivity index (χ1v) is 6.72. The smallest absolute Gasteiger partial charge is 0.164 e. The second-order valence-electron chi connectivity index (χ2n) is 3.88. The lowest BCUT2D eigenvalue weighted by Gasteiger charge is -2.15. The van der Waals surface area contributed by atoms with E-state index >= 15 is 0 Å². The van der Waals surface area contributed by atoms with E-state index in [1.54, 1.807) is 11.8 Å². The van der Waals surface area contributed by atoms with Crippen molar-refractivity contribution in [1.29, 1.82) is 0 Å². The molecule has 1 aliphatic rings. The Morgan fingerprint density at radius 3 is 3.12 bits per heavy atom. The molecule has 0 bridgehead atoms. The average Bonchev–Trinajstić information content (AvgIpc) is 2.30. The second-order valence-corrected chi connectivity index (χ2v) is 5.02. The Balaban J connectivity index is 2.09. The number of ether oxygens (including phenoxy) is 1. The lowest BCUT2D eigenvalue weighted by molar-refractivity contribution is 0.0984. The molecule has 0 atom stereocenters. The number of hydrogen-bond donors (Lipinski definition) is 0. The molecule has 0 saturated carbocycles. The highest BCUT2D eigenvalue weighted by atomic mass is 32.2. The molecule has 0 amide bonds. The number of Topliss-reactive ketones (excluding diaryl/α,β-unsaturated/α-hetero) is 1. The number of rotatable bonds is 4. The molecule has 0 spiro atoms. The topological polar surface area (TPSA) is 26.3 Å². The van der Waals surface area contributed by atoms with Gasteiger partial charge in [-0.25, -0.2) is 0 Å². The summed E-state index contributed by atoms with van der Waals surface area (Å²) in [5.41, 5.74) is 0.860. The van der Waals surface area contributed by atoms with Gasteiger partial charge in [0.25, 0.3) is 0 Å². The molecule has 0 unspecified atom stereocenters. The van der Waals surface area contributed by atoms with Crippen LogP contribution in [0.15, 0.2) is 23.1 Å². The Kier molecular flexibility index (Phi) is 3.88. The van der Waals surface area contributed by atoms with Gasteiger partial charge < -0.3 is 4.74 Å². The lowest BCUT2D eigenvalue weighted by atomic mass is 10.1. The van der Waals surface area contributed by atoms with Crippen LogP contribution in [0.5, 0.6) is 5.75 Å². The molecule has 0 radical (unpaired) electrons. The Hall–Kier alpha value is -0.960. The normalized spacial score (nSPS) is 14.7. The summed E-state index contributed by atoms with van der Waals surface area (Å²) in [7, 11) is 0. The summed E-state index contributed by atoms with van der Waals surface area (Å²) in [4.78, 5) is 12.7. The number of carbonyl (C=O) groups is 1. The first kappa shape index (κ1) is 11.5. The molecule has 1 aromatic carbocycles. The first-order chi connectivity index (χ1) is 7.81. The molecule has 0 fully saturated rings. The van der Waals surface area contributed by atoms with Gasteiger partial charge in [0.05, 0.1) is 6.61 Å². The molecule has 1 aromatic rings. The van der Waals surface area contributed by atoms with E-state index in [2.05, 4.69) is 6.92 Å².